The van der Waals surface area contributed by atoms with Gasteiger partial charge in [0.1, 0.15) is 0 Å². The molecule has 156 valence electrons. The van der Waals surface area contributed by atoms with Gasteiger partial charge in [-0.3, -0.25) is 14.2 Å². The number of carbonyl (C=O) groups is 1. The summed E-state index contributed by atoms with van der Waals surface area (Å²) in [5.74, 6) is -0.205. The van der Waals surface area contributed by atoms with Crippen molar-refractivity contribution in [3.8, 4) is 11.3 Å². The van der Waals surface area contributed by atoms with Gasteiger partial charge in [-0.1, -0.05) is 25.2 Å². The molecule has 3 aromatic heterocycles. The Balaban J connectivity index is 1.49. The van der Waals surface area contributed by atoms with E-state index in [0.717, 1.165) is 53.2 Å². The molecule has 0 aliphatic rings. The summed E-state index contributed by atoms with van der Waals surface area (Å²) >= 11 is 1.51. The van der Waals surface area contributed by atoms with Gasteiger partial charge in [-0.05, 0) is 56.7 Å². The first-order valence-electron chi connectivity index (χ1n) is 10.4. The molecule has 0 aliphatic carbocycles. The van der Waals surface area contributed by atoms with E-state index in [0.29, 0.717) is 17.7 Å². The van der Waals surface area contributed by atoms with Crippen LogP contribution in [-0.2, 0) is 0 Å². The van der Waals surface area contributed by atoms with Gasteiger partial charge in [0.05, 0.1) is 22.1 Å². The minimum Gasteiger partial charge on any atom is -0.304 e. The molecule has 4 aromatic rings. The van der Waals surface area contributed by atoms with Gasteiger partial charge in [-0.2, -0.15) is 0 Å². The lowest BCUT2D eigenvalue weighted by Crippen LogP contribution is -2.24. The van der Waals surface area contributed by atoms with E-state index in [9.17, 15) is 9.18 Å². The number of ketones is 1. The number of carbonyl (C=O) groups excluding carboxylic acids is 1. The number of benzene rings is 1. The molecule has 0 fully saturated rings. The van der Waals surface area contributed by atoms with Crippen LogP contribution in [0.5, 0.6) is 0 Å². The number of hydrogen-bond donors (Lipinski definition) is 0. The lowest BCUT2D eigenvalue weighted by molar-refractivity contribution is 0.0978. The molecule has 0 atom stereocenters. The predicted octanol–water partition coefficient (Wildman–Crippen LogP) is 5.44. The van der Waals surface area contributed by atoms with Crippen molar-refractivity contribution in [3.05, 3.63) is 54.2 Å². The van der Waals surface area contributed by atoms with Gasteiger partial charge in [0.25, 0.3) is 0 Å². The van der Waals surface area contributed by atoms with E-state index in [1.165, 1.54) is 17.5 Å². The van der Waals surface area contributed by atoms with Crippen molar-refractivity contribution in [3.63, 3.8) is 0 Å². The van der Waals surface area contributed by atoms with E-state index in [-0.39, 0.29) is 11.6 Å². The first-order chi connectivity index (χ1) is 14.6. The third-order valence-electron chi connectivity index (χ3n) is 5.49. The van der Waals surface area contributed by atoms with Gasteiger partial charge >= 0.3 is 0 Å². The van der Waals surface area contributed by atoms with E-state index >= 15 is 0 Å². The third kappa shape index (κ3) is 4.13. The molecule has 5 nitrogen and oxygen atoms in total. The van der Waals surface area contributed by atoms with E-state index in [1.54, 1.807) is 12.3 Å². The molecule has 30 heavy (non-hydrogen) atoms. The summed E-state index contributed by atoms with van der Waals surface area (Å²) in [7, 11) is 0. The van der Waals surface area contributed by atoms with Gasteiger partial charge in [-0.25, -0.2) is 9.37 Å². The summed E-state index contributed by atoms with van der Waals surface area (Å²) in [6, 6.07) is 7.42. The summed E-state index contributed by atoms with van der Waals surface area (Å²) in [5, 5.41) is 0. The van der Waals surface area contributed by atoms with Crippen LogP contribution in [0.15, 0.2) is 42.9 Å². The number of hydrogen-bond acceptors (Lipinski definition) is 5. The second-order valence-corrected chi connectivity index (χ2v) is 8.34. The standard InChI is InChI=1S/C23H25FN4OS/c1-3-27(4-2)12-6-5-7-21(29)16-8-9-20-22(13-16)30-23-26-19(15-28(20)23)17-10-11-25-14-18(17)24/h8-11,13-15H,3-7,12H2,1-2H3. The monoisotopic (exact) mass is 424 g/mol. The predicted molar refractivity (Wildman–Crippen MR) is 120 cm³/mol. The Morgan fingerprint density at radius 1 is 1.20 bits per heavy atom. The molecule has 0 spiro atoms. The van der Waals surface area contributed by atoms with Crippen LogP contribution in [0.2, 0.25) is 0 Å². The maximum atomic E-state index is 14.0. The van der Waals surface area contributed by atoms with Crippen LogP contribution < -0.4 is 0 Å². The average Bonchev–Trinajstić information content (AvgIpc) is 3.31. The van der Waals surface area contributed by atoms with Crippen LogP contribution in [0.4, 0.5) is 4.39 Å². The summed E-state index contributed by atoms with van der Waals surface area (Å²) in [5.41, 5.74) is 2.73. The highest BCUT2D eigenvalue weighted by molar-refractivity contribution is 7.23. The maximum absolute atomic E-state index is 14.0. The molecular formula is C23H25FN4OS. The Kier molecular flexibility index (Phi) is 6.20. The summed E-state index contributed by atoms with van der Waals surface area (Å²) in [6.07, 6.45) is 7.10. The highest BCUT2D eigenvalue weighted by atomic mass is 32.1. The van der Waals surface area contributed by atoms with Gasteiger partial charge in [0.15, 0.2) is 16.6 Å². The number of rotatable bonds is 9. The molecule has 0 aliphatic heterocycles. The summed E-state index contributed by atoms with van der Waals surface area (Å²) in [6.45, 7) is 7.48. The topological polar surface area (TPSA) is 50.5 Å². The third-order valence-corrected chi connectivity index (χ3v) is 6.50. The van der Waals surface area contributed by atoms with Crippen molar-refractivity contribution < 1.29 is 9.18 Å². The molecule has 0 saturated carbocycles. The first kappa shape index (κ1) is 20.6. The van der Waals surface area contributed by atoms with Crippen molar-refractivity contribution in [2.24, 2.45) is 0 Å². The Morgan fingerprint density at radius 3 is 2.80 bits per heavy atom. The fourth-order valence-electron chi connectivity index (χ4n) is 3.69. The zero-order valence-electron chi connectivity index (χ0n) is 17.3. The number of halogens is 1. The highest BCUT2D eigenvalue weighted by Gasteiger charge is 2.15. The molecule has 7 heteroatoms. The van der Waals surface area contributed by atoms with Gasteiger partial charge < -0.3 is 4.90 Å². The fourth-order valence-corrected chi connectivity index (χ4v) is 4.74. The molecule has 4 rings (SSSR count). The number of nitrogens with zero attached hydrogens (tertiary/aromatic N) is 4. The number of aromatic nitrogens is 3. The number of Topliss-reactive ketones (excluding diaryl/α,β-unsaturated/α-hetero) is 1. The van der Waals surface area contributed by atoms with E-state index in [2.05, 4.69) is 28.7 Å². The van der Waals surface area contributed by atoms with E-state index in [1.807, 2.05) is 28.8 Å². The largest absolute Gasteiger partial charge is 0.304 e. The van der Waals surface area contributed by atoms with Crippen LogP contribution in [0.25, 0.3) is 26.4 Å². The second-order valence-electron chi connectivity index (χ2n) is 7.33. The maximum Gasteiger partial charge on any atom is 0.195 e. The molecule has 3 heterocycles. The lowest BCUT2D eigenvalue weighted by Gasteiger charge is -2.17. The Labute approximate surface area is 179 Å². The molecule has 0 radical (unpaired) electrons. The number of thiazole rings is 1. The first-order valence-corrected chi connectivity index (χ1v) is 11.2. The summed E-state index contributed by atoms with van der Waals surface area (Å²) in [4.78, 5) is 24.1. The Morgan fingerprint density at radius 2 is 2.03 bits per heavy atom. The van der Waals surface area contributed by atoms with Crippen LogP contribution in [0.1, 0.15) is 43.5 Å². The quantitative estimate of drug-likeness (QED) is 0.265. The second kappa shape index (κ2) is 9.02. The van der Waals surface area contributed by atoms with Crippen molar-refractivity contribution in [2.75, 3.05) is 19.6 Å². The Hall–Kier alpha value is -2.64. The number of unbranched alkanes of at least 4 members (excludes halogenated alkanes) is 1. The molecule has 1 aromatic carbocycles. The highest BCUT2D eigenvalue weighted by Crippen LogP contribution is 2.31. The fraction of sp³-hybridized carbons (Fsp3) is 0.348. The molecule has 0 unspecified atom stereocenters. The van der Waals surface area contributed by atoms with E-state index in [4.69, 9.17) is 0 Å². The molecular weight excluding hydrogens is 399 g/mol. The molecule has 0 bridgehead atoms. The number of pyridine rings is 1. The average molecular weight is 425 g/mol. The van der Waals surface area contributed by atoms with Gasteiger partial charge in [0.2, 0.25) is 0 Å². The van der Waals surface area contributed by atoms with Crippen molar-refractivity contribution in [1.29, 1.82) is 0 Å². The molecule has 0 amide bonds. The van der Waals surface area contributed by atoms with Crippen molar-refractivity contribution in [2.45, 2.75) is 33.1 Å². The Bertz CT molecular complexity index is 1180. The number of fused-ring (bicyclic) bond motifs is 3. The van der Waals surface area contributed by atoms with Crippen LogP contribution in [0.3, 0.4) is 0 Å². The van der Waals surface area contributed by atoms with Crippen molar-refractivity contribution in [1.82, 2.24) is 19.3 Å². The smallest absolute Gasteiger partial charge is 0.195 e. The zero-order valence-corrected chi connectivity index (χ0v) is 18.1. The minimum atomic E-state index is -0.388. The molecule has 0 N–H and O–H groups in total. The normalized spacial score (nSPS) is 11.7. The van der Waals surface area contributed by atoms with Crippen LogP contribution >= 0.6 is 11.3 Å². The van der Waals surface area contributed by atoms with Crippen molar-refractivity contribution >= 4 is 32.3 Å². The molecule has 0 saturated heterocycles. The number of imidazole rings is 1. The van der Waals surface area contributed by atoms with Crippen LogP contribution in [0, 0.1) is 5.82 Å². The van der Waals surface area contributed by atoms with Gasteiger partial charge in [0, 0.05) is 29.9 Å². The van der Waals surface area contributed by atoms with E-state index < -0.39 is 0 Å². The van der Waals surface area contributed by atoms with Crippen LogP contribution in [-0.4, -0.2) is 44.7 Å². The van der Waals surface area contributed by atoms with Gasteiger partial charge in [-0.15, -0.1) is 0 Å². The zero-order chi connectivity index (χ0) is 21.1. The summed E-state index contributed by atoms with van der Waals surface area (Å²) < 4.78 is 17.0. The SMILES string of the molecule is CCN(CC)CCCCC(=O)c1ccc2c(c1)sc1nc(-c3ccncc3F)cn12. The minimum absolute atomic E-state index is 0.182. The lowest BCUT2D eigenvalue weighted by atomic mass is 10.1.